The number of carbonyl (C=O) groups is 2. The zero-order valence-electron chi connectivity index (χ0n) is 18.6. The van der Waals surface area contributed by atoms with E-state index in [2.05, 4.69) is 25.1 Å². The van der Waals surface area contributed by atoms with E-state index in [9.17, 15) is 14.7 Å². The Labute approximate surface area is 183 Å². The van der Waals surface area contributed by atoms with Gasteiger partial charge >= 0.3 is 5.97 Å². The maximum absolute atomic E-state index is 13.4. The van der Waals surface area contributed by atoms with Gasteiger partial charge in [0.05, 0.1) is 17.1 Å². The lowest BCUT2D eigenvalue weighted by Crippen LogP contribution is -2.53. The van der Waals surface area contributed by atoms with Crippen LogP contribution < -0.4 is 0 Å². The second-order valence-electron chi connectivity index (χ2n) is 9.97. The number of aromatic nitrogens is 2. The summed E-state index contributed by atoms with van der Waals surface area (Å²) in [4.78, 5) is 27.2. The van der Waals surface area contributed by atoms with E-state index in [-0.39, 0.29) is 29.7 Å². The molecule has 0 spiro atoms. The Bertz CT molecular complexity index is 1010. The number of aliphatic carboxylic acids is 1. The highest BCUT2D eigenvalue weighted by Gasteiger charge is 2.43. The van der Waals surface area contributed by atoms with Crippen LogP contribution in [0.15, 0.2) is 18.2 Å². The molecule has 2 heterocycles. The maximum atomic E-state index is 13.4. The molecular weight excluding hydrogens is 390 g/mol. The Hall–Kier alpha value is -2.37. The molecule has 3 aliphatic rings. The number of amides is 1. The van der Waals surface area contributed by atoms with Gasteiger partial charge in [-0.2, -0.15) is 5.10 Å². The van der Waals surface area contributed by atoms with Crippen molar-refractivity contribution in [3.63, 3.8) is 0 Å². The lowest BCUT2D eigenvalue weighted by atomic mass is 9.71. The van der Waals surface area contributed by atoms with Gasteiger partial charge < -0.3 is 10.0 Å². The third-order valence-corrected chi connectivity index (χ3v) is 7.90. The van der Waals surface area contributed by atoms with Gasteiger partial charge in [-0.3, -0.25) is 14.3 Å². The van der Waals surface area contributed by atoms with Crippen LogP contribution in [-0.4, -0.2) is 44.3 Å². The Balaban J connectivity index is 1.38. The molecule has 1 amide bonds. The van der Waals surface area contributed by atoms with Crippen molar-refractivity contribution >= 4 is 22.8 Å². The number of rotatable bonds is 5. The molecule has 0 bridgehead atoms. The number of benzene rings is 1. The van der Waals surface area contributed by atoms with Crippen molar-refractivity contribution in [1.82, 2.24) is 14.7 Å². The number of nitrogens with zero attached hydrogens (tertiary/aromatic N) is 3. The van der Waals surface area contributed by atoms with Gasteiger partial charge in [0.15, 0.2) is 0 Å². The first-order chi connectivity index (χ1) is 15.0. The minimum atomic E-state index is -0.690. The molecule has 1 N–H and O–H groups in total. The predicted octanol–water partition coefficient (Wildman–Crippen LogP) is 4.44. The number of fused-ring (bicyclic) bond motifs is 2. The van der Waals surface area contributed by atoms with Crippen molar-refractivity contribution in [3.05, 3.63) is 29.5 Å². The van der Waals surface area contributed by atoms with Crippen LogP contribution in [-0.2, 0) is 16.6 Å². The molecule has 1 aromatic carbocycles. The standard InChI is InChI=1S/C25H33N3O3/c1-15(24-23-17(16-11-12-16)6-3-10-21(23)27(2)26-24)14-22(29)28-13-5-8-18-19(25(30)31)7-4-9-20(18)28/h3,6,10,15-16,18-20H,4-5,7-9,11-14H2,1-2H3,(H,30,31). The van der Waals surface area contributed by atoms with Crippen LogP contribution in [0.3, 0.4) is 0 Å². The first-order valence-electron chi connectivity index (χ1n) is 11.9. The van der Waals surface area contributed by atoms with Crippen molar-refractivity contribution in [2.24, 2.45) is 18.9 Å². The molecule has 6 nitrogen and oxygen atoms in total. The summed E-state index contributed by atoms with van der Waals surface area (Å²) in [5.74, 6) is -0.0483. The second-order valence-corrected chi connectivity index (χ2v) is 9.97. The first-order valence-corrected chi connectivity index (χ1v) is 11.9. The van der Waals surface area contributed by atoms with E-state index >= 15 is 0 Å². The molecule has 4 atom stereocenters. The highest BCUT2D eigenvalue weighted by molar-refractivity contribution is 5.88. The third-order valence-electron chi connectivity index (χ3n) is 7.90. The topological polar surface area (TPSA) is 75.4 Å². The number of carbonyl (C=O) groups excluding carboxylic acids is 1. The molecule has 1 saturated heterocycles. The molecule has 2 saturated carbocycles. The summed E-state index contributed by atoms with van der Waals surface area (Å²) >= 11 is 0. The minimum Gasteiger partial charge on any atom is -0.481 e. The van der Waals surface area contributed by atoms with Gasteiger partial charge in [0.1, 0.15) is 0 Å². The molecule has 4 unspecified atom stereocenters. The summed E-state index contributed by atoms with van der Waals surface area (Å²) in [7, 11) is 1.99. The van der Waals surface area contributed by atoms with Gasteiger partial charge in [0, 0.05) is 37.4 Å². The Morgan fingerprint density at radius 2 is 1.97 bits per heavy atom. The van der Waals surface area contributed by atoms with Crippen LogP contribution in [0.4, 0.5) is 0 Å². The molecule has 6 heteroatoms. The highest BCUT2D eigenvalue weighted by Crippen LogP contribution is 2.45. The maximum Gasteiger partial charge on any atom is 0.306 e. The molecular formula is C25H33N3O3. The fourth-order valence-electron chi connectivity index (χ4n) is 6.23. The summed E-state index contributed by atoms with van der Waals surface area (Å²) in [6.45, 7) is 2.88. The van der Waals surface area contributed by atoms with E-state index in [1.54, 1.807) is 0 Å². The molecule has 1 aliphatic heterocycles. The normalized spacial score (nSPS) is 27.2. The average molecular weight is 424 g/mol. The van der Waals surface area contributed by atoms with Crippen LogP contribution >= 0.6 is 0 Å². The Kier molecular flexibility index (Phi) is 5.27. The number of carboxylic acid groups (broad SMARTS) is 1. The van der Waals surface area contributed by atoms with Crippen LogP contribution in [0.5, 0.6) is 0 Å². The minimum absolute atomic E-state index is 0.0373. The van der Waals surface area contributed by atoms with Gasteiger partial charge in [0.25, 0.3) is 0 Å². The fourth-order valence-corrected chi connectivity index (χ4v) is 6.23. The molecule has 1 aromatic heterocycles. The first kappa shape index (κ1) is 20.5. The largest absolute Gasteiger partial charge is 0.481 e. The molecule has 3 fully saturated rings. The monoisotopic (exact) mass is 423 g/mol. The zero-order valence-corrected chi connectivity index (χ0v) is 18.6. The average Bonchev–Trinajstić information content (AvgIpc) is 3.55. The van der Waals surface area contributed by atoms with Gasteiger partial charge in [-0.1, -0.05) is 25.5 Å². The van der Waals surface area contributed by atoms with E-state index in [0.717, 1.165) is 49.9 Å². The van der Waals surface area contributed by atoms with Crippen LogP contribution in [0, 0.1) is 11.8 Å². The molecule has 0 radical (unpaired) electrons. The zero-order chi connectivity index (χ0) is 21.7. The lowest BCUT2D eigenvalue weighted by Gasteiger charge is -2.46. The number of likely N-dealkylation sites (tertiary alicyclic amines) is 1. The van der Waals surface area contributed by atoms with Crippen molar-refractivity contribution in [2.75, 3.05) is 6.54 Å². The quantitative estimate of drug-likeness (QED) is 0.772. The van der Waals surface area contributed by atoms with E-state index in [1.807, 2.05) is 16.6 Å². The van der Waals surface area contributed by atoms with E-state index in [4.69, 9.17) is 5.10 Å². The summed E-state index contributed by atoms with van der Waals surface area (Å²) in [6.07, 6.45) is 7.33. The van der Waals surface area contributed by atoms with Crippen LogP contribution in [0.2, 0.25) is 0 Å². The molecule has 2 aromatic rings. The Morgan fingerprint density at radius 1 is 1.16 bits per heavy atom. The number of hydrogen-bond acceptors (Lipinski definition) is 3. The van der Waals surface area contributed by atoms with Crippen molar-refractivity contribution < 1.29 is 14.7 Å². The number of piperidine rings is 1. The van der Waals surface area contributed by atoms with E-state index in [0.29, 0.717) is 12.3 Å². The van der Waals surface area contributed by atoms with E-state index < -0.39 is 5.97 Å². The van der Waals surface area contributed by atoms with Crippen LogP contribution in [0.1, 0.15) is 81.4 Å². The van der Waals surface area contributed by atoms with Gasteiger partial charge in [-0.05, 0) is 62.0 Å². The lowest BCUT2D eigenvalue weighted by molar-refractivity contribution is -0.152. The number of hydrogen-bond donors (Lipinski definition) is 1. The second kappa shape index (κ2) is 7.95. The summed E-state index contributed by atoms with van der Waals surface area (Å²) in [5.41, 5.74) is 3.57. The number of carboxylic acids is 1. The highest BCUT2D eigenvalue weighted by atomic mass is 16.4. The molecule has 5 rings (SSSR count). The molecule has 166 valence electrons. The van der Waals surface area contributed by atoms with E-state index in [1.165, 1.54) is 23.8 Å². The SMILES string of the molecule is CC(CC(=O)N1CCCC2C(C(=O)O)CCCC21)c1nn(C)c2cccc(C3CC3)c12. The summed E-state index contributed by atoms with van der Waals surface area (Å²) in [5, 5.41) is 15.7. The summed E-state index contributed by atoms with van der Waals surface area (Å²) < 4.78 is 1.95. The van der Waals surface area contributed by atoms with Gasteiger partial charge in [-0.15, -0.1) is 0 Å². The van der Waals surface area contributed by atoms with Crippen molar-refractivity contribution in [2.45, 2.75) is 76.2 Å². The fraction of sp³-hybridized carbons (Fsp3) is 0.640. The van der Waals surface area contributed by atoms with Crippen molar-refractivity contribution in [1.29, 1.82) is 0 Å². The number of aryl methyl sites for hydroxylation is 1. The molecule has 2 aliphatic carbocycles. The smallest absolute Gasteiger partial charge is 0.306 e. The Morgan fingerprint density at radius 3 is 2.71 bits per heavy atom. The van der Waals surface area contributed by atoms with Gasteiger partial charge in [-0.25, -0.2) is 0 Å². The summed E-state index contributed by atoms with van der Waals surface area (Å²) in [6, 6.07) is 6.55. The van der Waals surface area contributed by atoms with Crippen molar-refractivity contribution in [3.8, 4) is 0 Å². The van der Waals surface area contributed by atoms with Crippen LogP contribution in [0.25, 0.3) is 10.9 Å². The predicted molar refractivity (Wildman–Crippen MR) is 119 cm³/mol. The molecule has 31 heavy (non-hydrogen) atoms. The van der Waals surface area contributed by atoms with Gasteiger partial charge in [0.2, 0.25) is 5.91 Å². The third kappa shape index (κ3) is 3.64.